The van der Waals surface area contributed by atoms with E-state index in [2.05, 4.69) is 30.9 Å². The van der Waals surface area contributed by atoms with Gasteiger partial charge in [-0.2, -0.15) is 0 Å². The Morgan fingerprint density at radius 2 is 1.73 bits per heavy atom. The molecule has 1 aromatic rings. The third-order valence-electron chi connectivity index (χ3n) is 5.72. The first-order chi connectivity index (χ1) is 10.8. The molecule has 1 fully saturated rings. The summed E-state index contributed by atoms with van der Waals surface area (Å²) in [6.45, 7) is 3.89. The first kappa shape index (κ1) is 15.9. The van der Waals surface area contributed by atoms with Crippen molar-refractivity contribution in [3.05, 3.63) is 53.6 Å². The number of hydrogen-bond acceptors (Lipinski definition) is 0. The van der Waals surface area contributed by atoms with E-state index in [9.17, 15) is 0 Å². The maximum atomic E-state index is 5.98. The zero-order valence-corrected chi connectivity index (χ0v) is 14.2. The van der Waals surface area contributed by atoms with Gasteiger partial charge >= 0.3 is 0 Å². The number of allylic oxidation sites excluding steroid dienone is 3. The van der Waals surface area contributed by atoms with E-state index in [1.165, 1.54) is 62.5 Å². The molecule has 2 aliphatic carbocycles. The molecule has 0 amide bonds. The van der Waals surface area contributed by atoms with Gasteiger partial charge in [-0.3, -0.25) is 0 Å². The van der Waals surface area contributed by atoms with Crippen LogP contribution in [-0.2, 0) is 0 Å². The summed E-state index contributed by atoms with van der Waals surface area (Å²) in [6, 6.07) is 8.33. The zero-order chi connectivity index (χ0) is 15.4. The van der Waals surface area contributed by atoms with E-state index in [1.54, 1.807) is 0 Å². The van der Waals surface area contributed by atoms with Crippen LogP contribution < -0.4 is 0 Å². The second-order valence-electron chi connectivity index (χ2n) is 7.08. The Bertz CT molecular complexity index is 517. The summed E-state index contributed by atoms with van der Waals surface area (Å²) >= 11 is 5.98. The standard InChI is InChI=1S/C21H27Cl/c1-2-3-16-4-6-17(7-5-16)18-8-10-19(11-9-18)20-12-14-21(22)15-13-20/h2,10,12-18H,1,3-9,11H2/t16-,17-,18?. The van der Waals surface area contributed by atoms with Crippen LogP contribution in [0.25, 0.3) is 5.57 Å². The van der Waals surface area contributed by atoms with Crippen molar-refractivity contribution in [3.8, 4) is 0 Å². The van der Waals surface area contributed by atoms with Gasteiger partial charge in [0.2, 0.25) is 0 Å². The first-order valence-corrected chi connectivity index (χ1v) is 9.20. The molecule has 0 spiro atoms. The van der Waals surface area contributed by atoms with Crippen molar-refractivity contribution in [3.63, 3.8) is 0 Å². The van der Waals surface area contributed by atoms with E-state index in [1.807, 2.05) is 12.1 Å². The fraction of sp³-hybridized carbons (Fsp3) is 0.524. The van der Waals surface area contributed by atoms with Gasteiger partial charge in [-0.15, -0.1) is 6.58 Å². The van der Waals surface area contributed by atoms with Crippen LogP contribution in [0.3, 0.4) is 0 Å². The molecular formula is C21H27Cl. The van der Waals surface area contributed by atoms with Gasteiger partial charge in [0.25, 0.3) is 0 Å². The van der Waals surface area contributed by atoms with Crippen molar-refractivity contribution >= 4 is 17.2 Å². The van der Waals surface area contributed by atoms with E-state index < -0.39 is 0 Å². The van der Waals surface area contributed by atoms with Gasteiger partial charge in [0.15, 0.2) is 0 Å². The van der Waals surface area contributed by atoms with Gasteiger partial charge in [0, 0.05) is 5.02 Å². The molecule has 1 heteroatoms. The summed E-state index contributed by atoms with van der Waals surface area (Å²) < 4.78 is 0. The van der Waals surface area contributed by atoms with Gasteiger partial charge in [0.1, 0.15) is 0 Å². The minimum Gasteiger partial charge on any atom is -0.103 e. The fourth-order valence-electron chi connectivity index (χ4n) is 4.34. The minimum atomic E-state index is 0.828. The number of halogens is 1. The number of benzene rings is 1. The van der Waals surface area contributed by atoms with Crippen LogP contribution in [0.1, 0.15) is 56.9 Å². The van der Waals surface area contributed by atoms with Crippen LogP contribution in [0.4, 0.5) is 0 Å². The highest BCUT2D eigenvalue weighted by molar-refractivity contribution is 6.30. The maximum Gasteiger partial charge on any atom is 0.0406 e. The molecule has 118 valence electrons. The number of hydrogen-bond donors (Lipinski definition) is 0. The molecular weight excluding hydrogens is 288 g/mol. The highest BCUT2D eigenvalue weighted by Crippen LogP contribution is 2.41. The lowest BCUT2D eigenvalue weighted by Gasteiger charge is -2.35. The average Bonchev–Trinajstić information content (AvgIpc) is 2.57. The van der Waals surface area contributed by atoms with Crippen LogP contribution in [0.15, 0.2) is 43.0 Å². The van der Waals surface area contributed by atoms with Crippen LogP contribution in [0.2, 0.25) is 5.02 Å². The van der Waals surface area contributed by atoms with Crippen LogP contribution >= 0.6 is 11.6 Å². The van der Waals surface area contributed by atoms with Gasteiger partial charge in [0.05, 0.1) is 0 Å². The molecule has 0 aliphatic heterocycles. The Labute approximate surface area is 140 Å². The van der Waals surface area contributed by atoms with E-state index >= 15 is 0 Å². The molecule has 0 radical (unpaired) electrons. The summed E-state index contributed by atoms with van der Waals surface area (Å²) in [6.07, 6.45) is 15.4. The van der Waals surface area contributed by atoms with Gasteiger partial charge in [-0.05, 0) is 92.4 Å². The van der Waals surface area contributed by atoms with Gasteiger partial charge < -0.3 is 0 Å². The molecule has 0 nitrogen and oxygen atoms in total. The lowest BCUT2D eigenvalue weighted by molar-refractivity contribution is 0.196. The van der Waals surface area contributed by atoms with Gasteiger partial charge in [-0.1, -0.05) is 35.9 Å². The van der Waals surface area contributed by atoms with E-state index in [0.29, 0.717) is 0 Å². The predicted octanol–water partition coefficient (Wildman–Crippen LogP) is 6.91. The molecule has 0 aromatic heterocycles. The Balaban J connectivity index is 1.55. The maximum absolute atomic E-state index is 5.98. The average molecular weight is 315 g/mol. The Kier molecular flexibility index (Phi) is 5.41. The summed E-state index contributed by atoms with van der Waals surface area (Å²) in [4.78, 5) is 0. The SMILES string of the molecule is C=CC[C@H]1CC[C@H](C2CC=C(c3ccc(Cl)cc3)CC2)CC1. The zero-order valence-electron chi connectivity index (χ0n) is 13.4. The molecule has 22 heavy (non-hydrogen) atoms. The van der Waals surface area contributed by atoms with Crippen molar-refractivity contribution in [2.24, 2.45) is 17.8 Å². The summed E-state index contributed by atoms with van der Waals surface area (Å²) in [5, 5.41) is 0.828. The van der Waals surface area contributed by atoms with Crippen molar-refractivity contribution in [1.82, 2.24) is 0 Å². The van der Waals surface area contributed by atoms with E-state index in [-0.39, 0.29) is 0 Å². The molecule has 3 rings (SSSR count). The third kappa shape index (κ3) is 3.84. The first-order valence-electron chi connectivity index (χ1n) is 8.82. The second-order valence-corrected chi connectivity index (χ2v) is 7.51. The van der Waals surface area contributed by atoms with Gasteiger partial charge in [-0.25, -0.2) is 0 Å². The molecule has 1 aromatic carbocycles. The summed E-state index contributed by atoms with van der Waals surface area (Å²) in [7, 11) is 0. The summed E-state index contributed by atoms with van der Waals surface area (Å²) in [5.74, 6) is 2.79. The minimum absolute atomic E-state index is 0.828. The van der Waals surface area contributed by atoms with E-state index in [4.69, 9.17) is 11.6 Å². The molecule has 0 saturated heterocycles. The highest BCUT2D eigenvalue weighted by atomic mass is 35.5. The van der Waals surface area contributed by atoms with Crippen LogP contribution in [0.5, 0.6) is 0 Å². The van der Waals surface area contributed by atoms with Crippen molar-refractivity contribution in [2.75, 3.05) is 0 Å². The Hall–Kier alpha value is -1.01. The Morgan fingerprint density at radius 3 is 2.32 bits per heavy atom. The van der Waals surface area contributed by atoms with Crippen molar-refractivity contribution in [2.45, 2.75) is 51.4 Å². The lowest BCUT2D eigenvalue weighted by Crippen LogP contribution is -2.23. The van der Waals surface area contributed by atoms with Crippen LogP contribution in [0, 0.1) is 17.8 Å². The van der Waals surface area contributed by atoms with E-state index in [0.717, 1.165) is 22.8 Å². The highest BCUT2D eigenvalue weighted by Gasteiger charge is 2.28. The fourth-order valence-corrected chi connectivity index (χ4v) is 4.47. The topological polar surface area (TPSA) is 0 Å². The molecule has 1 saturated carbocycles. The normalized spacial score (nSPS) is 29.0. The Morgan fingerprint density at radius 1 is 1.00 bits per heavy atom. The molecule has 2 aliphatic rings. The summed E-state index contributed by atoms with van der Waals surface area (Å²) in [5.41, 5.74) is 2.88. The molecule has 0 heterocycles. The molecule has 1 atom stereocenters. The monoisotopic (exact) mass is 314 g/mol. The molecule has 0 bridgehead atoms. The lowest BCUT2D eigenvalue weighted by atomic mass is 9.70. The third-order valence-corrected chi connectivity index (χ3v) is 5.98. The molecule has 1 unspecified atom stereocenters. The molecule has 0 N–H and O–H groups in total. The van der Waals surface area contributed by atoms with Crippen molar-refractivity contribution < 1.29 is 0 Å². The second kappa shape index (κ2) is 7.51. The predicted molar refractivity (Wildman–Crippen MR) is 97.0 cm³/mol. The quantitative estimate of drug-likeness (QED) is 0.530. The van der Waals surface area contributed by atoms with Crippen LogP contribution in [-0.4, -0.2) is 0 Å². The largest absolute Gasteiger partial charge is 0.103 e. The van der Waals surface area contributed by atoms with Crippen molar-refractivity contribution in [1.29, 1.82) is 0 Å². The smallest absolute Gasteiger partial charge is 0.0406 e. The number of rotatable bonds is 4.